The third-order valence-corrected chi connectivity index (χ3v) is 8.51. The Balaban J connectivity index is 1.18. The van der Waals surface area contributed by atoms with Crippen LogP contribution in [0.4, 0.5) is 11.4 Å². The molecule has 3 atom stereocenters. The Bertz CT molecular complexity index is 1570. The molecule has 1 aliphatic heterocycles. The third-order valence-electron chi connectivity index (χ3n) is 7.55. The molecule has 0 radical (unpaired) electrons. The van der Waals surface area contributed by atoms with Crippen LogP contribution >= 0.6 is 27.5 Å². The van der Waals surface area contributed by atoms with Crippen molar-refractivity contribution in [3.63, 3.8) is 0 Å². The number of allylic oxidation sites excluding steroid dienone is 2. The summed E-state index contributed by atoms with van der Waals surface area (Å²) in [4.78, 5) is 4.75. The molecule has 0 fully saturated rings. The average molecular weight is 614 g/mol. The summed E-state index contributed by atoms with van der Waals surface area (Å²) in [5, 5.41) is 4.47. The summed E-state index contributed by atoms with van der Waals surface area (Å²) in [6.07, 6.45) is 7.64. The monoisotopic (exact) mass is 612 g/mol. The van der Waals surface area contributed by atoms with Crippen LogP contribution in [0, 0.1) is 5.92 Å². The van der Waals surface area contributed by atoms with E-state index in [1.807, 2.05) is 49.5 Å². The second-order valence-corrected chi connectivity index (χ2v) is 11.3. The van der Waals surface area contributed by atoms with Gasteiger partial charge >= 0.3 is 0 Å². The number of aliphatic imine (C=N–C) groups is 1. The topological polar surface area (TPSA) is 42.8 Å². The van der Waals surface area contributed by atoms with Crippen molar-refractivity contribution in [1.29, 1.82) is 0 Å². The molecule has 4 aromatic carbocycles. The summed E-state index contributed by atoms with van der Waals surface area (Å²) in [5.74, 6) is 2.29. The predicted molar refractivity (Wildman–Crippen MR) is 168 cm³/mol. The van der Waals surface area contributed by atoms with Crippen molar-refractivity contribution in [2.24, 2.45) is 10.9 Å². The van der Waals surface area contributed by atoms with Gasteiger partial charge in [-0.2, -0.15) is 0 Å². The normalized spacial score (nSPS) is 19.2. The zero-order valence-electron chi connectivity index (χ0n) is 22.2. The zero-order chi connectivity index (χ0) is 27.5. The first-order valence-corrected chi connectivity index (χ1v) is 14.8. The predicted octanol–water partition coefficient (Wildman–Crippen LogP) is 9.66. The van der Waals surface area contributed by atoms with E-state index in [4.69, 9.17) is 26.1 Å². The van der Waals surface area contributed by atoms with Crippen molar-refractivity contribution < 1.29 is 9.47 Å². The number of hydrogen-bond acceptors (Lipinski definition) is 4. The van der Waals surface area contributed by atoms with Crippen molar-refractivity contribution in [1.82, 2.24) is 0 Å². The first kappa shape index (κ1) is 26.7. The fourth-order valence-electron chi connectivity index (χ4n) is 5.62. The molecular formula is C34H30BrClN2O2. The second kappa shape index (κ2) is 11.9. The van der Waals surface area contributed by atoms with Crippen LogP contribution in [-0.2, 0) is 6.61 Å². The molecule has 4 aromatic rings. The van der Waals surface area contributed by atoms with E-state index in [0.717, 1.165) is 27.7 Å². The smallest absolute Gasteiger partial charge is 0.175 e. The summed E-state index contributed by atoms with van der Waals surface area (Å²) < 4.78 is 12.8. The number of nitrogens with one attached hydrogen (secondary N) is 1. The molecule has 1 N–H and O–H groups in total. The molecule has 6 heteroatoms. The van der Waals surface area contributed by atoms with Crippen LogP contribution in [0.2, 0.25) is 5.02 Å². The minimum absolute atomic E-state index is 0.274. The van der Waals surface area contributed by atoms with E-state index < -0.39 is 0 Å². The molecular weight excluding hydrogens is 584 g/mol. The van der Waals surface area contributed by atoms with E-state index in [2.05, 4.69) is 81.9 Å². The molecule has 4 nitrogen and oxygen atoms in total. The highest BCUT2D eigenvalue weighted by Crippen LogP contribution is 2.49. The highest BCUT2D eigenvalue weighted by molar-refractivity contribution is 9.10. The van der Waals surface area contributed by atoms with Gasteiger partial charge in [-0.15, -0.1) is 0 Å². The van der Waals surface area contributed by atoms with E-state index in [9.17, 15) is 0 Å². The lowest BCUT2D eigenvalue weighted by Crippen LogP contribution is -2.28. The first-order valence-electron chi connectivity index (χ1n) is 13.6. The highest BCUT2D eigenvalue weighted by Gasteiger charge is 2.37. The Morgan fingerprint density at radius 1 is 1.00 bits per heavy atom. The lowest BCUT2D eigenvalue weighted by Gasteiger charge is -2.37. The number of hydrogen-bond donors (Lipinski definition) is 1. The lowest BCUT2D eigenvalue weighted by atomic mass is 9.77. The van der Waals surface area contributed by atoms with Gasteiger partial charge in [-0.25, -0.2) is 0 Å². The van der Waals surface area contributed by atoms with Gasteiger partial charge in [0.15, 0.2) is 11.5 Å². The van der Waals surface area contributed by atoms with Gasteiger partial charge in [0.2, 0.25) is 0 Å². The third kappa shape index (κ3) is 5.54. The van der Waals surface area contributed by atoms with Crippen molar-refractivity contribution in [3.05, 3.63) is 129 Å². The standard InChI is InChI=1S/C34H30BrClN2O2/c1-2-39-32-19-22(18-29(35)34(32)40-21-24-8-3-5-12-30(24)36)20-37-25-16-14-23(15-17-25)33-28-11-7-10-26(28)27-9-4-6-13-31(27)38-33/h3-10,12-20,26,28,33,38H,2,11,21H2,1H3/t26-,28+,33-/m0/s1. The fraction of sp³-hybridized carbons (Fsp3) is 0.206. The van der Waals surface area contributed by atoms with Gasteiger partial charge in [0.1, 0.15) is 6.61 Å². The maximum atomic E-state index is 6.31. The van der Waals surface area contributed by atoms with E-state index in [0.29, 0.717) is 41.6 Å². The summed E-state index contributed by atoms with van der Waals surface area (Å²) >= 11 is 9.97. The van der Waals surface area contributed by atoms with Gasteiger partial charge < -0.3 is 14.8 Å². The van der Waals surface area contributed by atoms with Gasteiger partial charge in [0.05, 0.1) is 22.8 Å². The number of benzene rings is 4. The minimum atomic E-state index is 0.274. The van der Waals surface area contributed by atoms with Crippen LogP contribution in [0.25, 0.3) is 0 Å². The van der Waals surface area contributed by atoms with E-state index in [-0.39, 0.29) is 6.04 Å². The lowest BCUT2D eigenvalue weighted by molar-refractivity contribution is 0.267. The van der Waals surface area contributed by atoms with Gasteiger partial charge in [-0.3, -0.25) is 4.99 Å². The Morgan fingerprint density at radius 2 is 1.80 bits per heavy atom. The van der Waals surface area contributed by atoms with E-state index in [1.54, 1.807) is 0 Å². The first-order chi connectivity index (χ1) is 19.6. The molecule has 0 saturated carbocycles. The molecule has 2 aliphatic rings. The number of fused-ring (bicyclic) bond motifs is 3. The second-order valence-electron chi connectivity index (χ2n) is 10.1. The number of nitrogens with zero attached hydrogens (tertiary/aromatic N) is 1. The Kier molecular flexibility index (Phi) is 7.94. The number of anilines is 1. The van der Waals surface area contributed by atoms with Crippen LogP contribution in [0.15, 0.2) is 107 Å². The maximum Gasteiger partial charge on any atom is 0.175 e. The molecule has 202 valence electrons. The van der Waals surface area contributed by atoms with Crippen LogP contribution in [0.1, 0.15) is 47.6 Å². The van der Waals surface area contributed by atoms with E-state index in [1.165, 1.54) is 16.8 Å². The van der Waals surface area contributed by atoms with Crippen LogP contribution in [0.3, 0.4) is 0 Å². The molecule has 0 bridgehead atoms. The minimum Gasteiger partial charge on any atom is -0.490 e. The van der Waals surface area contributed by atoms with Crippen molar-refractivity contribution in [3.8, 4) is 11.5 Å². The number of ether oxygens (including phenoxy) is 2. The van der Waals surface area contributed by atoms with Gasteiger partial charge in [-0.05, 0) is 88.3 Å². The Hall–Kier alpha value is -3.54. The SMILES string of the molecule is CCOc1cc(C=Nc2ccc([C@@H]3Nc4ccccc4[C@@H]4C=CC[C@H]43)cc2)cc(Br)c1OCc1ccccc1Cl. The molecule has 40 heavy (non-hydrogen) atoms. The van der Waals surface area contributed by atoms with Gasteiger partial charge in [0.25, 0.3) is 0 Å². The molecule has 0 aromatic heterocycles. The van der Waals surface area contributed by atoms with Crippen LogP contribution in [0.5, 0.6) is 11.5 Å². The van der Waals surface area contributed by atoms with Gasteiger partial charge in [-0.1, -0.05) is 72.3 Å². The zero-order valence-corrected chi connectivity index (χ0v) is 24.5. The van der Waals surface area contributed by atoms with Gasteiger partial charge in [0, 0.05) is 28.4 Å². The molecule has 0 spiro atoms. The molecule has 0 saturated heterocycles. The maximum absolute atomic E-state index is 6.31. The highest BCUT2D eigenvalue weighted by atomic mass is 79.9. The largest absolute Gasteiger partial charge is 0.490 e. The Labute approximate surface area is 248 Å². The van der Waals surface area contributed by atoms with E-state index >= 15 is 0 Å². The molecule has 6 rings (SSSR count). The van der Waals surface area contributed by atoms with Crippen molar-refractivity contribution in [2.45, 2.75) is 31.9 Å². The average Bonchev–Trinajstić information content (AvgIpc) is 3.47. The summed E-state index contributed by atoms with van der Waals surface area (Å²) in [7, 11) is 0. The summed E-state index contributed by atoms with van der Waals surface area (Å²) in [6, 6.07) is 29.1. The quantitative estimate of drug-likeness (QED) is 0.159. The van der Waals surface area contributed by atoms with Crippen molar-refractivity contribution >= 4 is 45.1 Å². The number of rotatable bonds is 8. The van der Waals surface area contributed by atoms with Crippen LogP contribution < -0.4 is 14.8 Å². The molecule has 0 amide bonds. The Morgan fingerprint density at radius 3 is 2.62 bits per heavy atom. The molecule has 1 heterocycles. The van der Waals surface area contributed by atoms with Crippen molar-refractivity contribution in [2.75, 3.05) is 11.9 Å². The molecule has 1 aliphatic carbocycles. The number of para-hydroxylation sites is 1. The summed E-state index contributed by atoms with van der Waals surface area (Å²) in [6.45, 7) is 2.82. The number of halogens is 2. The molecule has 0 unspecified atom stereocenters. The van der Waals surface area contributed by atoms with Crippen LogP contribution in [-0.4, -0.2) is 12.8 Å². The summed E-state index contributed by atoms with van der Waals surface area (Å²) in [5.41, 5.74) is 6.64. The fourth-order valence-corrected chi connectivity index (χ4v) is 6.39.